The van der Waals surface area contributed by atoms with Gasteiger partial charge in [-0.1, -0.05) is 27.2 Å². The van der Waals surface area contributed by atoms with E-state index >= 15 is 0 Å². The Bertz CT molecular complexity index is 1570. The second-order valence-corrected chi connectivity index (χ2v) is 10.9. The Hall–Kier alpha value is -3.60. The van der Waals surface area contributed by atoms with Gasteiger partial charge in [-0.15, -0.1) is 16.4 Å². The molecule has 1 aliphatic rings. The van der Waals surface area contributed by atoms with E-state index in [1.54, 1.807) is 22.2 Å². The fraction of sp³-hybridized carbons (Fsp3) is 0.417. The summed E-state index contributed by atoms with van der Waals surface area (Å²) in [7, 11) is 0. The standard InChI is InChI=1S/C24H25N7O3S/c1-4-24(2,3)14-5-7-17-19(9-14)35-23-20(17)22-27-21(28-30(22)13-25-23)18-8-6-16(34-18)12-29-11-15(10-26-29)31(32)33/h6,8,10-11,13-14H,4-5,7,9,12H2,1-3H3/t14-/m1/s1. The molecule has 10 nitrogen and oxygen atoms in total. The Balaban J connectivity index is 1.32. The molecule has 5 heterocycles. The van der Waals surface area contributed by atoms with Crippen molar-refractivity contribution >= 4 is 32.9 Å². The van der Waals surface area contributed by atoms with Gasteiger partial charge in [0.05, 0.1) is 16.9 Å². The number of aryl methyl sites for hydroxylation is 1. The van der Waals surface area contributed by atoms with Crippen LogP contribution in [0.2, 0.25) is 0 Å². The molecule has 6 rings (SSSR count). The van der Waals surface area contributed by atoms with Crippen LogP contribution in [-0.4, -0.2) is 34.3 Å². The van der Waals surface area contributed by atoms with Crippen molar-refractivity contribution in [2.75, 3.05) is 0 Å². The molecule has 5 aromatic rings. The number of thiophene rings is 1. The third kappa shape index (κ3) is 3.70. The second kappa shape index (κ2) is 7.98. The quantitative estimate of drug-likeness (QED) is 0.234. The van der Waals surface area contributed by atoms with Crippen LogP contribution in [0.3, 0.4) is 0 Å². The lowest BCUT2D eigenvalue weighted by Crippen LogP contribution is -2.28. The highest BCUT2D eigenvalue weighted by molar-refractivity contribution is 7.19. The maximum atomic E-state index is 10.9. The van der Waals surface area contributed by atoms with Gasteiger partial charge in [0.1, 0.15) is 29.3 Å². The van der Waals surface area contributed by atoms with E-state index < -0.39 is 4.92 Å². The topological polar surface area (TPSA) is 117 Å². The maximum absolute atomic E-state index is 10.9. The molecule has 0 saturated heterocycles. The van der Waals surface area contributed by atoms with Gasteiger partial charge in [0.25, 0.3) is 0 Å². The predicted molar refractivity (Wildman–Crippen MR) is 131 cm³/mol. The van der Waals surface area contributed by atoms with Crippen molar-refractivity contribution in [3.63, 3.8) is 0 Å². The Morgan fingerprint density at radius 2 is 2.20 bits per heavy atom. The second-order valence-electron chi connectivity index (χ2n) is 9.83. The molecule has 0 fully saturated rings. The lowest BCUT2D eigenvalue weighted by atomic mass is 9.70. The summed E-state index contributed by atoms with van der Waals surface area (Å²) in [5, 5.41) is 20.6. The molecule has 0 unspecified atom stereocenters. The number of fused-ring (bicyclic) bond motifs is 5. The van der Waals surface area contributed by atoms with E-state index in [4.69, 9.17) is 9.40 Å². The lowest BCUT2D eigenvalue weighted by molar-refractivity contribution is -0.385. The zero-order valence-corrected chi connectivity index (χ0v) is 20.6. The van der Waals surface area contributed by atoms with Crippen LogP contribution >= 0.6 is 11.3 Å². The van der Waals surface area contributed by atoms with Crippen LogP contribution in [0, 0.1) is 21.4 Å². The van der Waals surface area contributed by atoms with Gasteiger partial charge in [0.15, 0.2) is 11.4 Å². The Kier molecular flexibility index (Phi) is 4.99. The van der Waals surface area contributed by atoms with Crippen LogP contribution in [0.15, 0.2) is 35.3 Å². The summed E-state index contributed by atoms with van der Waals surface area (Å²) in [6.45, 7) is 7.31. The van der Waals surface area contributed by atoms with E-state index in [-0.39, 0.29) is 12.2 Å². The van der Waals surface area contributed by atoms with E-state index in [1.165, 1.54) is 40.4 Å². The monoisotopic (exact) mass is 491 g/mol. The lowest BCUT2D eigenvalue weighted by Gasteiger charge is -2.36. The highest BCUT2D eigenvalue weighted by Crippen LogP contribution is 2.45. The van der Waals surface area contributed by atoms with Crippen molar-refractivity contribution in [2.24, 2.45) is 11.3 Å². The van der Waals surface area contributed by atoms with E-state index in [0.717, 1.165) is 28.7 Å². The molecule has 1 atom stereocenters. The van der Waals surface area contributed by atoms with Crippen LogP contribution < -0.4 is 0 Å². The molecule has 0 aliphatic heterocycles. The van der Waals surface area contributed by atoms with E-state index in [9.17, 15) is 10.1 Å². The molecular formula is C24H25N7O3S. The van der Waals surface area contributed by atoms with Crippen molar-refractivity contribution in [1.29, 1.82) is 0 Å². The third-order valence-corrected chi connectivity index (χ3v) is 8.59. The van der Waals surface area contributed by atoms with Crippen molar-refractivity contribution in [1.82, 2.24) is 29.4 Å². The summed E-state index contributed by atoms with van der Waals surface area (Å²) in [6.07, 6.45) is 8.80. The highest BCUT2D eigenvalue weighted by Gasteiger charge is 2.33. The average Bonchev–Trinajstić information content (AvgIpc) is 3.62. The molecule has 11 heteroatoms. The zero-order chi connectivity index (χ0) is 24.3. The molecular weight excluding hydrogens is 466 g/mol. The molecule has 0 radical (unpaired) electrons. The summed E-state index contributed by atoms with van der Waals surface area (Å²) < 4.78 is 9.15. The molecule has 0 spiro atoms. The van der Waals surface area contributed by atoms with Gasteiger partial charge in [-0.3, -0.25) is 14.8 Å². The van der Waals surface area contributed by atoms with Crippen LogP contribution in [0.4, 0.5) is 5.69 Å². The third-order valence-electron chi connectivity index (χ3n) is 7.43. The Labute approximate surface area is 204 Å². The molecule has 35 heavy (non-hydrogen) atoms. The number of nitrogens with zero attached hydrogens (tertiary/aromatic N) is 7. The molecule has 1 aliphatic carbocycles. The minimum atomic E-state index is -0.472. The van der Waals surface area contributed by atoms with Crippen molar-refractivity contribution in [3.8, 4) is 11.6 Å². The number of rotatable bonds is 6. The fourth-order valence-corrected chi connectivity index (χ4v) is 6.17. The molecule has 0 saturated carbocycles. The predicted octanol–water partition coefficient (Wildman–Crippen LogP) is 5.29. The minimum absolute atomic E-state index is 0.0565. The van der Waals surface area contributed by atoms with E-state index in [1.807, 2.05) is 12.1 Å². The number of hydrogen-bond acceptors (Lipinski definition) is 8. The van der Waals surface area contributed by atoms with Crippen molar-refractivity contribution in [3.05, 3.63) is 57.2 Å². The molecule has 0 aromatic carbocycles. The first kappa shape index (κ1) is 21.9. The van der Waals surface area contributed by atoms with Gasteiger partial charge in [0.2, 0.25) is 5.82 Å². The first-order valence-electron chi connectivity index (χ1n) is 11.7. The molecule has 0 N–H and O–H groups in total. The number of furan rings is 1. The van der Waals surface area contributed by atoms with Crippen LogP contribution in [-0.2, 0) is 19.4 Å². The van der Waals surface area contributed by atoms with Gasteiger partial charge in [-0.05, 0) is 48.3 Å². The van der Waals surface area contributed by atoms with Crippen LogP contribution in [0.1, 0.15) is 49.8 Å². The average molecular weight is 492 g/mol. The molecule has 180 valence electrons. The summed E-state index contributed by atoms with van der Waals surface area (Å²) in [5.41, 5.74) is 2.44. The number of hydrogen-bond donors (Lipinski definition) is 0. The summed E-state index contributed by atoms with van der Waals surface area (Å²) in [6, 6.07) is 3.62. The SMILES string of the molecule is CCC(C)(C)[C@@H]1CCc2c(sc3ncn4nc(-c5ccc(Cn6cc([N+](=O)[O-])cn6)o5)nc4c23)C1. The van der Waals surface area contributed by atoms with Gasteiger partial charge in [0, 0.05) is 4.88 Å². The zero-order valence-electron chi connectivity index (χ0n) is 19.8. The van der Waals surface area contributed by atoms with Crippen molar-refractivity contribution in [2.45, 2.75) is 53.0 Å². The first-order valence-corrected chi connectivity index (χ1v) is 12.6. The smallest absolute Gasteiger partial charge is 0.307 e. The van der Waals surface area contributed by atoms with Gasteiger partial charge >= 0.3 is 5.69 Å². The summed E-state index contributed by atoms with van der Waals surface area (Å²) >= 11 is 1.79. The van der Waals surface area contributed by atoms with Gasteiger partial charge in [-0.25, -0.2) is 14.5 Å². The molecule has 0 amide bonds. The largest absolute Gasteiger partial charge is 0.456 e. The van der Waals surface area contributed by atoms with Crippen LogP contribution in [0.5, 0.6) is 0 Å². The van der Waals surface area contributed by atoms with E-state index in [0.29, 0.717) is 28.7 Å². The van der Waals surface area contributed by atoms with Gasteiger partial charge in [-0.2, -0.15) is 5.10 Å². The van der Waals surface area contributed by atoms with Gasteiger partial charge < -0.3 is 4.42 Å². The fourth-order valence-electron chi connectivity index (χ4n) is 4.91. The van der Waals surface area contributed by atoms with Crippen LogP contribution in [0.25, 0.3) is 27.4 Å². The molecule has 5 aromatic heterocycles. The number of aromatic nitrogens is 6. The normalized spacial score (nSPS) is 16.3. The first-order chi connectivity index (χ1) is 16.8. The maximum Gasteiger partial charge on any atom is 0.307 e. The van der Waals surface area contributed by atoms with E-state index in [2.05, 4.69) is 36.0 Å². The number of nitro groups is 1. The minimum Gasteiger partial charge on any atom is -0.456 e. The Morgan fingerprint density at radius 1 is 1.34 bits per heavy atom. The summed E-state index contributed by atoms with van der Waals surface area (Å²) in [5.74, 6) is 2.30. The van der Waals surface area contributed by atoms with Crippen molar-refractivity contribution < 1.29 is 9.34 Å². The highest BCUT2D eigenvalue weighted by atomic mass is 32.1. The summed E-state index contributed by atoms with van der Waals surface area (Å²) in [4.78, 5) is 22.4. The Morgan fingerprint density at radius 3 is 2.97 bits per heavy atom. The molecule has 0 bridgehead atoms.